The Balaban J connectivity index is 1.77. The third kappa shape index (κ3) is 1.36. The van der Waals surface area contributed by atoms with Crippen molar-refractivity contribution >= 4 is 0 Å². The summed E-state index contributed by atoms with van der Waals surface area (Å²) in [5.74, 6) is 6.09. The van der Waals surface area contributed by atoms with Crippen molar-refractivity contribution in [2.75, 3.05) is 19.6 Å². The molecule has 12 heavy (non-hydrogen) atoms. The van der Waals surface area contributed by atoms with Gasteiger partial charge in [-0.2, -0.15) is 0 Å². The van der Waals surface area contributed by atoms with E-state index in [1.54, 1.807) is 0 Å². The van der Waals surface area contributed by atoms with E-state index in [2.05, 4.69) is 16.7 Å². The molecule has 66 valence electrons. The predicted octanol–water partition coefficient (Wildman–Crippen LogP) is 1.89. The van der Waals surface area contributed by atoms with Crippen molar-refractivity contribution in [2.24, 2.45) is 5.41 Å². The van der Waals surface area contributed by atoms with Gasteiger partial charge in [0.05, 0.1) is 6.54 Å². The topological polar surface area (TPSA) is 3.24 Å². The van der Waals surface area contributed by atoms with Crippen LogP contribution in [0.1, 0.15) is 32.6 Å². The number of nitrogens with zero attached hydrogens (tertiary/aromatic N) is 1. The zero-order valence-electron chi connectivity index (χ0n) is 7.90. The third-order valence-corrected chi connectivity index (χ3v) is 3.26. The van der Waals surface area contributed by atoms with Gasteiger partial charge in [0.2, 0.25) is 0 Å². The molecular formula is C11H17N. The lowest BCUT2D eigenvalue weighted by molar-refractivity contribution is 0.0176. The highest BCUT2D eigenvalue weighted by atomic mass is 15.2. The minimum absolute atomic E-state index is 0.745. The smallest absolute Gasteiger partial charge is 0.0601 e. The second kappa shape index (κ2) is 3.11. The molecule has 0 aromatic rings. The van der Waals surface area contributed by atoms with Gasteiger partial charge in [0, 0.05) is 13.1 Å². The summed E-state index contributed by atoms with van der Waals surface area (Å²) in [6.45, 7) is 5.56. The predicted molar refractivity (Wildman–Crippen MR) is 50.8 cm³/mol. The maximum absolute atomic E-state index is 3.13. The van der Waals surface area contributed by atoms with Crippen molar-refractivity contribution in [3.63, 3.8) is 0 Å². The van der Waals surface area contributed by atoms with E-state index in [0.29, 0.717) is 0 Å². The van der Waals surface area contributed by atoms with Crippen molar-refractivity contribution in [3.05, 3.63) is 0 Å². The summed E-state index contributed by atoms with van der Waals surface area (Å²) in [6, 6.07) is 0. The first-order valence-electron chi connectivity index (χ1n) is 4.97. The zero-order valence-corrected chi connectivity index (χ0v) is 7.90. The number of hydrogen-bond acceptors (Lipinski definition) is 1. The van der Waals surface area contributed by atoms with Crippen LogP contribution in [-0.2, 0) is 0 Å². The van der Waals surface area contributed by atoms with Gasteiger partial charge in [-0.25, -0.2) is 0 Å². The van der Waals surface area contributed by atoms with E-state index >= 15 is 0 Å². The van der Waals surface area contributed by atoms with Crippen molar-refractivity contribution in [3.8, 4) is 11.8 Å². The molecule has 0 bridgehead atoms. The molecule has 1 heterocycles. The van der Waals surface area contributed by atoms with Gasteiger partial charge >= 0.3 is 0 Å². The van der Waals surface area contributed by atoms with Gasteiger partial charge in [-0.3, -0.25) is 4.90 Å². The van der Waals surface area contributed by atoms with Crippen molar-refractivity contribution in [1.82, 2.24) is 4.90 Å². The lowest BCUT2D eigenvalue weighted by Crippen LogP contribution is -2.54. The molecule has 0 unspecified atom stereocenters. The van der Waals surface area contributed by atoms with E-state index in [9.17, 15) is 0 Å². The van der Waals surface area contributed by atoms with E-state index < -0.39 is 0 Å². The number of rotatable bonds is 1. The van der Waals surface area contributed by atoms with Crippen LogP contribution >= 0.6 is 0 Å². The molecule has 0 atom stereocenters. The molecule has 0 aromatic heterocycles. The molecule has 2 aliphatic rings. The lowest BCUT2D eigenvalue weighted by Gasteiger charge is -2.47. The highest BCUT2D eigenvalue weighted by Crippen LogP contribution is 2.44. The van der Waals surface area contributed by atoms with Gasteiger partial charge in [-0.05, 0) is 25.2 Å². The molecule has 1 saturated heterocycles. The Bertz CT molecular complexity index is 207. The van der Waals surface area contributed by atoms with E-state index in [1.807, 2.05) is 6.92 Å². The minimum Gasteiger partial charge on any atom is -0.291 e. The van der Waals surface area contributed by atoms with Crippen molar-refractivity contribution in [2.45, 2.75) is 32.6 Å². The number of likely N-dealkylation sites (tertiary alicyclic amines) is 1. The number of hydrogen-bond donors (Lipinski definition) is 0. The first kappa shape index (κ1) is 8.13. The molecule has 1 spiro atoms. The van der Waals surface area contributed by atoms with Crippen LogP contribution in [0.25, 0.3) is 0 Å². The fraction of sp³-hybridized carbons (Fsp3) is 0.818. The van der Waals surface area contributed by atoms with E-state index in [1.165, 1.54) is 38.8 Å². The molecule has 0 aromatic carbocycles. The Kier molecular flexibility index (Phi) is 2.11. The fourth-order valence-corrected chi connectivity index (χ4v) is 2.65. The van der Waals surface area contributed by atoms with Gasteiger partial charge < -0.3 is 0 Å². The molecule has 1 aliphatic heterocycles. The molecule has 1 nitrogen and oxygen atoms in total. The Morgan fingerprint density at radius 1 is 1.25 bits per heavy atom. The maximum atomic E-state index is 3.13. The second-order valence-corrected chi connectivity index (χ2v) is 4.28. The van der Waals surface area contributed by atoms with E-state index in [4.69, 9.17) is 0 Å². The molecule has 0 radical (unpaired) electrons. The van der Waals surface area contributed by atoms with Crippen LogP contribution in [0.2, 0.25) is 0 Å². The molecule has 1 aliphatic carbocycles. The summed E-state index contributed by atoms with van der Waals surface area (Å²) < 4.78 is 0. The summed E-state index contributed by atoms with van der Waals surface area (Å²) in [5.41, 5.74) is 0.745. The Morgan fingerprint density at radius 3 is 2.50 bits per heavy atom. The molecule has 2 fully saturated rings. The average molecular weight is 163 g/mol. The van der Waals surface area contributed by atoms with Gasteiger partial charge in [-0.1, -0.05) is 18.8 Å². The molecule has 2 rings (SSSR count). The minimum atomic E-state index is 0.745. The Hall–Kier alpha value is -0.480. The molecule has 0 amide bonds. The first-order chi connectivity index (χ1) is 5.85. The SMILES string of the molecule is CC#CCN1CC2(CCCC2)C1. The monoisotopic (exact) mass is 163 g/mol. The summed E-state index contributed by atoms with van der Waals surface area (Å²) in [4.78, 5) is 2.47. The van der Waals surface area contributed by atoms with Crippen LogP contribution in [-0.4, -0.2) is 24.5 Å². The zero-order chi connectivity index (χ0) is 8.44. The van der Waals surface area contributed by atoms with Crippen molar-refractivity contribution in [1.29, 1.82) is 0 Å². The van der Waals surface area contributed by atoms with Gasteiger partial charge in [0.1, 0.15) is 0 Å². The van der Waals surface area contributed by atoms with Crippen LogP contribution in [0.3, 0.4) is 0 Å². The molecular weight excluding hydrogens is 146 g/mol. The highest BCUT2D eigenvalue weighted by molar-refractivity contribution is 5.04. The van der Waals surface area contributed by atoms with Gasteiger partial charge in [-0.15, -0.1) is 5.92 Å². The van der Waals surface area contributed by atoms with Crippen LogP contribution in [0.5, 0.6) is 0 Å². The standard InChI is InChI=1S/C11H17N/c1-2-3-8-12-9-11(10-12)6-4-5-7-11/h4-10H2,1H3. The van der Waals surface area contributed by atoms with Crippen LogP contribution in [0.15, 0.2) is 0 Å². The van der Waals surface area contributed by atoms with Gasteiger partial charge in [0.15, 0.2) is 0 Å². The van der Waals surface area contributed by atoms with Crippen molar-refractivity contribution < 1.29 is 0 Å². The molecule has 0 N–H and O–H groups in total. The van der Waals surface area contributed by atoms with Gasteiger partial charge in [0.25, 0.3) is 0 Å². The molecule has 1 heteroatoms. The molecule has 1 saturated carbocycles. The Labute approximate surface area is 75.1 Å². The van der Waals surface area contributed by atoms with E-state index in [-0.39, 0.29) is 0 Å². The normalized spacial score (nSPS) is 26.4. The summed E-state index contributed by atoms with van der Waals surface area (Å²) >= 11 is 0. The maximum Gasteiger partial charge on any atom is 0.0601 e. The quantitative estimate of drug-likeness (QED) is 0.533. The van der Waals surface area contributed by atoms with Crippen LogP contribution in [0.4, 0.5) is 0 Å². The highest BCUT2D eigenvalue weighted by Gasteiger charge is 2.43. The summed E-state index contributed by atoms with van der Waals surface area (Å²) in [6.07, 6.45) is 5.88. The Morgan fingerprint density at radius 2 is 1.92 bits per heavy atom. The summed E-state index contributed by atoms with van der Waals surface area (Å²) in [7, 11) is 0. The van der Waals surface area contributed by atoms with E-state index in [0.717, 1.165) is 12.0 Å². The average Bonchev–Trinajstić information content (AvgIpc) is 2.46. The van der Waals surface area contributed by atoms with Crippen LogP contribution < -0.4 is 0 Å². The largest absolute Gasteiger partial charge is 0.291 e. The second-order valence-electron chi connectivity index (χ2n) is 4.28. The fourth-order valence-electron chi connectivity index (χ4n) is 2.65. The lowest BCUT2D eigenvalue weighted by atomic mass is 9.78. The third-order valence-electron chi connectivity index (χ3n) is 3.26. The summed E-state index contributed by atoms with van der Waals surface area (Å²) in [5, 5.41) is 0. The van der Waals surface area contributed by atoms with Crippen LogP contribution in [0, 0.1) is 17.3 Å². The first-order valence-corrected chi connectivity index (χ1v) is 4.97.